The minimum Gasteiger partial charge on any atom is -0.462 e. The summed E-state index contributed by atoms with van der Waals surface area (Å²) in [6.45, 7) is 6.30. The highest BCUT2D eigenvalue weighted by Crippen LogP contribution is 2.14. The molecule has 0 fully saturated rings. The summed E-state index contributed by atoms with van der Waals surface area (Å²) in [6, 6.07) is 0. The molecule has 0 amide bonds. The largest absolute Gasteiger partial charge is 0.462 e. The lowest BCUT2D eigenvalue weighted by molar-refractivity contribution is -0.167. The van der Waals surface area contributed by atoms with Crippen LogP contribution < -0.4 is 0 Å². The number of allylic oxidation sites excluding steroid dienone is 30. The molecule has 0 spiro atoms. The van der Waals surface area contributed by atoms with Crippen molar-refractivity contribution in [3.05, 3.63) is 182 Å². The molecule has 0 aliphatic carbocycles. The average molecular weight is 1130 g/mol. The van der Waals surface area contributed by atoms with Crippen LogP contribution in [0.15, 0.2) is 182 Å². The topological polar surface area (TPSA) is 78.9 Å². The second-order valence-electron chi connectivity index (χ2n) is 20.9. The molecule has 6 nitrogen and oxygen atoms in total. The third-order valence-corrected chi connectivity index (χ3v) is 13.1. The Morgan fingerprint density at radius 1 is 0.256 bits per heavy atom. The summed E-state index contributed by atoms with van der Waals surface area (Å²) in [5, 5.41) is 0. The first-order valence-corrected chi connectivity index (χ1v) is 32.8. The molecule has 0 heterocycles. The predicted octanol–water partition coefficient (Wildman–Crippen LogP) is 22.8. The van der Waals surface area contributed by atoms with Crippen LogP contribution in [0.3, 0.4) is 0 Å². The summed E-state index contributed by atoms with van der Waals surface area (Å²) in [7, 11) is 0. The van der Waals surface area contributed by atoms with Crippen molar-refractivity contribution in [1.29, 1.82) is 0 Å². The number of carbonyl (C=O) groups excluding carboxylic acids is 3. The van der Waals surface area contributed by atoms with Crippen LogP contribution in [0.5, 0.6) is 0 Å². The summed E-state index contributed by atoms with van der Waals surface area (Å²) in [5.41, 5.74) is 0. The van der Waals surface area contributed by atoms with Gasteiger partial charge in [-0.05, 0) is 154 Å². The van der Waals surface area contributed by atoms with E-state index in [9.17, 15) is 14.4 Å². The summed E-state index contributed by atoms with van der Waals surface area (Å²) >= 11 is 0. The SMILES string of the molecule is CC/C=C\C/C=C\C/C=C\C/C=C\C/C=C\C/C=C\C/C=C\C/C=C\CCCCCCCCC(=O)OCC(COC(=O)CCCCCCC/C=C\CCC)OC(=O)CCCCCC/C=C\C/C=C\C/C=C\C/C=C\C/C=C\C/C=C\CC. The Morgan fingerprint density at radius 3 is 0.756 bits per heavy atom. The molecule has 0 bridgehead atoms. The van der Waals surface area contributed by atoms with E-state index in [0.29, 0.717) is 12.8 Å². The monoisotopic (exact) mass is 1130 g/mol. The highest BCUT2D eigenvalue weighted by atomic mass is 16.6. The van der Waals surface area contributed by atoms with E-state index in [-0.39, 0.29) is 37.5 Å². The van der Waals surface area contributed by atoms with Gasteiger partial charge in [-0.3, -0.25) is 14.4 Å². The van der Waals surface area contributed by atoms with E-state index in [1.54, 1.807) is 0 Å². The Balaban J connectivity index is 4.37. The summed E-state index contributed by atoms with van der Waals surface area (Å²) < 4.78 is 16.9. The van der Waals surface area contributed by atoms with Gasteiger partial charge in [-0.25, -0.2) is 0 Å². The highest BCUT2D eigenvalue weighted by molar-refractivity contribution is 5.71. The lowest BCUT2D eigenvalue weighted by Crippen LogP contribution is -2.30. The molecule has 0 aliphatic heterocycles. The molecule has 1 atom stereocenters. The second-order valence-corrected chi connectivity index (χ2v) is 20.9. The molecule has 6 heteroatoms. The molecule has 0 saturated heterocycles. The van der Waals surface area contributed by atoms with Gasteiger partial charge in [0.15, 0.2) is 6.10 Å². The molecular weight excluding hydrogens is 1010 g/mol. The molecule has 0 aromatic heterocycles. The zero-order valence-corrected chi connectivity index (χ0v) is 52.4. The molecule has 1 unspecified atom stereocenters. The van der Waals surface area contributed by atoms with Gasteiger partial charge in [-0.2, -0.15) is 0 Å². The van der Waals surface area contributed by atoms with Crippen LogP contribution in [0.2, 0.25) is 0 Å². The van der Waals surface area contributed by atoms with Gasteiger partial charge < -0.3 is 14.2 Å². The van der Waals surface area contributed by atoms with Gasteiger partial charge in [0.25, 0.3) is 0 Å². The lowest BCUT2D eigenvalue weighted by atomic mass is 10.1. The van der Waals surface area contributed by atoms with E-state index in [1.165, 1.54) is 25.7 Å². The quantitative estimate of drug-likeness (QED) is 0.0261. The van der Waals surface area contributed by atoms with Crippen molar-refractivity contribution in [3.63, 3.8) is 0 Å². The molecule has 0 aliphatic rings. The molecule has 0 radical (unpaired) electrons. The van der Waals surface area contributed by atoms with E-state index in [2.05, 4.69) is 203 Å². The van der Waals surface area contributed by atoms with Gasteiger partial charge in [0.05, 0.1) is 0 Å². The van der Waals surface area contributed by atoms with Crippen LogP contribution in [-0.2, 0) is 28.6 Å². The first-order chi connectivity index (χ1) is 40.5. The Hall–Kier alpha value is -5.49. The van der Waals surface area contributed by atoms with Crippen LogP contribution in [0.1, 0.15) is 258 Å². The number of unbranched alkanes of at least 4 members (excludes halogenated alkanes) is 16. The summed E-state index contributed by atoms with van der Waals surface area (Å²) in [4.78, 5) is 38.3. The predicted molar refractivity (Wildman–Crippen MR) is 357 cm³/mol. The van der Waals surface area contributed by atoms with Crippen LogP contribution in [-0.4, -0.2) is 37.2 Å². The standard InChI is InChI=1S/C76H118O6/c1-4-7-10-13-16-19-22-24-26-28-30-32-34-35-36-37-38-39-40-41-43-44-46-48-50-52-54-57-60-63-66-69-75(78)81-72-73(71-80-74(77)68-65-62-59-56-21-18-15-12-9-6-3)82-76(79)70-67-64-61-58-55-53-51-49-47-45-42-33-31-29-27-25-23-20-17-14-11-8-5-2/h7-8,10-12,15-17,19-20,24-27,30-33,35-36,38-39,41,43,45-48,51,53,73H,4-6,9,13-14,18,21-23,28-29,34,37,40,42,44,49-50,52,54-72H2,1-3H3/b10-7-,11-8-,15-12-,19-16-,20-17-,26-24-,27-25-,32-30-,33-31-,36-35-,39-38-,43-41-,47-45-,48-46-,53-51-. The first kappa shape index (κ1) is 76.5. The molecular formula is C76H118O6. The van der Waals surface area contributed by atoms with Gasteiger partial charge >= 0.3 is 17.9 Å². The van der Waals surface area contributed by atoms with Crippen molar-refractivity contribution < 1.29 is 28.6 Å². The second kappa shape index (κ2) is 68.0. The third kappa shape index (κ3) is 65.3. The van der Waals surface area contributed by atoms with E-state index in [1.807, 2.05) is 0 Å². The number of ether oxygens (including phenoxy) is 3. The van der Waals surface area contributed by atoms with Crippen LogP contribution in [0.4, 0.5) is 0 Å². The minimum absolute atomic E-state index is 0.106. The van der Waals surface area contributed by atoms with Gasteiger partial charge in [-0.15, -0.1) is 0 Å². The van der Waals surface area contributed by atoms with E-state index in [4.69, 9.17) is 14.2 Å². The van der Waals surface area contributed by atoms with Gasteiger partial charge in [0.2, 0.25) is 0 Å². The molecule has 0 N–H and O–H groups in total. The maximum absolute atomic E-state index is 12.9. The maximum Gasteiger partial charge on any atom is 0.306 e. The van der Waals surface area contributed by atoms with Crippen molar-refractivity contribution in [2.24, 2.45) is 0 Å². The highest BCUT2D eigenvalue weighted by Gasteiger charge is 2.19. The zero-order chi connectivity index (χ0) is 59.2. The Bertz CT molecular complexity index is 1920. The smallest absolute Gasteiger partial charge is 0.306 e. The molecule has 0 rings (SSSR count). The Labute approximate surface area is 504 Å². The molecule has 0 saturated carbocycles. The minimum atomic E-state index is -0.812. The normalized spacial score (nSPS) is 13.4. The van der Waals surface area contributed by atoms with Crippen molar-refractivity contribution in [1.82, 2.24) is 0 Å². The van der Waals surface area contributed by atoms with Crippen molar-refractivity contribution in [2.45, 2.75) is 264 Å². The first-order valence-electron chi connectivity index (χ1n) is 32.8. The zero-order valence-electron chi connectivity index (χ0n) is 52.4. The van der Waals surface area contributed by atoms with Crippen LogP contribution in [0, 0.1) is 0 Å². The molecule has 458 valence electrons. The molecule has 0 aromatic rings. The van der Waals surface area contributed by atoms with Crippen molar-refractivity contribution in [2.75, 3.05) is 13.2 Å². The maximum atomic E-state index is 12.9. The van der Waals surface area contributed by atoms with Gasteiger partial charge in [0, 0.05) is 19.3 Å². The number of hydrogen-bond donors (Lipinski definition) is 0. The van der Waals surface area contributed by atoms with Crippen LogP contribution >= 0.6 is 0 Å². The number of hydrogen-bond acceptors (Lipinski definition) is 6. The molecule has 0 aromatic carbocycles. The molecule has 82 heavy (non-hydrogen) atoms. The average Bonchev–Trinajstić information content (AvgIpc) is 3.47. The third-order valence-electron chi connectivity index (χ3n) is 13.1. The number of esters is 3. The fourth-order valence-corrected chi connectivity index (χ4v) is 8.29. The lowest BCUT2D eigenvalue weighted by Gasteiger charge is -2.18. The summed E-state index contributed by atoms with van der Waals surface area (Å²) in [5.74, 6) is -0.964. The fraction of sp³-hybridized carbons (Fsp3) is 0.566. The van der Waals surface area contributed by atoms with Crippen molar-refractivity contribution >= 4 is 17.9 Å². The van der Waals surface area contributed by atoms with E-state index < -0.39 is 6.10 Å². The van der Waals surface area contributed by atoms with Gasteiger partial charge in [-0.1, -0.05) is 267 Å². The van der Waals surface area contributed by atoms with Gasteiger partial charge in [0.1, 0.15) is 13.2 Å². The fourth-order valence-electron chi connectivity index (χ4n) is 8.29. The Morgan fingerprint density at radius 2 is 0.476 bits per heavy atom. The van der Waals surface area contributed by atoms with E-state index >= 15 is 0 Å². The Kier molecular flexibility index (Phi) is 63.5. The summed E-state index contributed by atoms with van der Waals surface area (Å²) in [6.07, 6.45) is 102. The number of carbonyl (C=O) groups is 3. The van der Waals surface area contributed by atoms with Crippen LogP contribution in [0.25, 0.3) is 0 Å². The number of rotatable bonds is 57. The van der Waals surface area contributed by atoms with E-state index in [0.717, 1.165) is 193 Å². The van der Waals surface area contributed by atoms with Crippen molar-refractivity contribution in [3.8, 4) is 0 Å².